The van der Waals surface area contributed by atoms with E-state index in [1.54, 1.807) is 6.20 Å². The number of likely N-dealkylation sites (tertiary alicyclic amines) is 1. The van der Waals surface area contributed by atoms with Crippen molar-refractivity contribution >= 4 is 5.91 Å². The summed E-state index contributed by atoms with van der Waals surface area (Å²) in [4.78, 5) is 19.3. The van der Waals surface area contributed by atoms with E-state index in [0.29, 0.717) is 18.9 Å². The highest BCUT2D eigenvalue weighted by Gasteiger charge is 2.27. The predicted molar refractivity (Wildman–Crippen MR) is 103 cm³/mol. The van der Waals surface area contributed by atoms with E-state index >= 15 is 0 Å². The van der Waals surface area contributed by atoms with Gasteiger partial charge in [-0.25, -0.2) is 4.98 Å². The fourth-order valence-corrected chi connectivity index (χ4v) is 3.81. The number of hydrogen-bond acceptors (Lipinski definition) is 3. The number of benzene rings is 1. The molecule has 4 rings (SSSR count). The van der Waals surface area contributed by atoms with Crippen LogP contribution in [0.4, 0.5) is 0 Å². The number of carbonyl (C=O) groups excluding carboxylic acids is 1. The molecular weight excluding hydrogens is 338 g/mol. The zero-order chi connectivity index (χ0) is 18.5. The van der Waals surface area contributed by atoms with E-state index in [4.69, 9.17) is 0 Å². The van der Waals surface area contributed by atoms with Gasteiger partial charge in [-0.15, -0.1) is 0 Å². The average Bonchev–Trinajstić information content (AvgIpc) is 3.39. The summed E-state index contributed by atoms with van der Waals surface area (Å²) in [5.41, 5.74) is 1.26. The SMILES string of the molecule is O=C(CCn1cccn1)N1CCC[C@@H](c2nccn2Cc2ccccc2)C1. The van der Waals surface area contributed by atoms with Gasteiger partial charge in [0.2, 0.25) is 5.91 Å². The van der Waals surface area contributed by atoms with Crippen molar-refractivity contribution < 1.29 is 4.79 Å². The molecule has 1 saturated heterocycles. The van der Waals surface area contributed by atoms with Gasteiger partial charge in [0.25, 0.3) is 0 Å². The molecule has 1 atom stereocenters. The number of carbonyl (C=O) groups is 1. The minimum Gasteiger partial charge on any atom is -0.342 e. The van der Waals surface area contributed by atoms with Crippen LogP contribution in [0.1, 0.15) is 36.6 Å². The maximum Gasteiger partial charge on any atom is 0.224 e. The Bertz CT molecular complexity index is 856. The maximum absolute atomic E-state index is 12.6. The van der Waals surface area contributed by atoms with E-state index in [2.05, 4.69) is 38.9 Å². The molecule has 140 valence electrons. The molecule has 1 aliphatic rings. The summed E-state index contributed by atoms with van der Waals surface area (Å²) in [6.45, 7) is 3.05. The molecule has 1 aromatic carbocycles. The number of rotatable bonds is 6. The average molecular weight is 363 g/mol. The zero-order valence-electron chi connectivity index (χ0n) is 15.4. The van der Waals surface area contributed by atoms with Gasteiger partial charge < -0.3 is 9.47 Å². The largest absolute Gasteiger partial charge is 0.342 e. The molecule has 1 fully saturated rings. The molecule has 2 aromatic heterocycles. The van der Waals surface area contributed by atoms with E-state index < -0.39 is 0 Å². The quantitative estimate of drug-likeness (QED) is 0.677. The lowest BCUT2D eigenvalue weighted by molar-refractivity contribution is -0.132. The van der Waals surface area contributed by atoms with Crippen LogP contribution in [0.15, 0.2) is 61.2 Å². The third kappa shape index (κ3) is 4.27. The van der Waals surface area contributed by atoms with Crippen molar-refractivity contribution in [2.75, 3.05) is 13.1 Å². The van der Waals surface area contributed by atoms with Crippen molar-refractivity contribution in [3.8, 4) is 0 Å². The fraction of sp³-hybridized carbons (Fsp3) is 0.381. The lowest BCUT2D eigenvalue weighted by atomic mass is 9.96. The van der Waals surface area contributed by atoms with Crippen molar-refractivity contribution in [2.24, 2.45) is 0 Å². The summed E-state index contributed by atoms with van der Waals surface area (Å²) in [6, 6.07) is 12.3. The first kappa shape index (κ1) is 17.5. The van der Waals surface area contributed by atoms with Gasteiger partial charge in [-0.1, -0.05) is 30.3 Å². The van der Waals surface area contributed by atoms with Gasteiger partial charge in [0, 0.05) is 63.3 Å². The van der Waals surface area contributed by atoms with Crippen LogP contribution in [0.3, 0.4) is 0 Å². The summed E-state index contributed by atoms with van der Waals surface area (Å²) in [7, 11) is 0. The second-order valence-corrected chi connectivity index (χ2v) is 7.10. The molecule has 1 aliphatic heterocycles. The molecular formula is C21H25N5O. The number of aryl methyl sites for hydroxylation is 1. The molecule has 6 heteroatoms. The topological polar surface area (TPSA) is 56.0 Å². The molecule has 3 heterocycles. The fourth-order valence-electron chi connectivity index (χ4n) is 3.81. The van der Waals surface area contributed by atoms with E-state index in [9.17, 15) is 4.79 Å². The number of amides is 1. The van der Waals surface area contributed by atoms with Crippen LogP contribution in [0.2, 0.25) is 0 Å². The zero-order valence-corrected chi connectivity index (χ0v) is 15.4. The summed E-state index contributed by atoms with van der Waals surface area (Å²) < 4.78 is 4.03. The lowest BCUT2D eigenvalue weighted by Gasteiger charge is -2.33. The van der Waals surface area contributed by atoms with Gasteiger partial charge in [-0.3, -0.25) is 9.48 Å². The highest BCUT2D eigenvalue weighted by molar-refractivity contribution is 5.76. The summed E-state index contributed by atoms with van der Waals surface area (Å²) in [5.74, 6) is 1.59. The minimum atomic E-state index is 0.205. The van der Waals surface area contributed by atoms with Gasteiger partial charge in [0.1, 0.15) is 5.82 Å². The Balaban J connectivity index is 1.40. The second kappa shape index (κ2) is 8.20. The van der Waals surface area contributed by atoms with Crippen LogP contribution in [0.5, 0.6) is 0 Å². The highest BCUT2D eigenvalue weighted by atomic mass is 16.2. The van der Waals surface area contributed by atoms with Crippen LogP contribution in [-0.2, 0) is 17.9 Å². The minimum absolute atomic E-state index is 0.205. The van der Waals surface area contributed by atoms with E-state index in [-0.39, 0.29) is 5.91 Å². The molecule has 0 bridgehead atoms. The number of piperidine rings is 1. The molecule has 6 nitrogen and oxygen atoms in total. The summed E-state index contributed by atoms with van der Waals surface area (Å²) in [5, 5.41) is 4.17. The molecule has 3 aromatic rings. The smallest absolute Gasteiger partial charge is 0.224 e. The van der Waals surface area contributed by atoms with Crippen molar-refractivity contribution in [1.29, 1.82) is 0 Å². The monoisotopic (exact) mass is 363 g/mol. The first-order valence-corrected chi connectivity index (χ1v) is 9.60. The third-order valence-corrected chi connectivity index (χ3v) is 5.20. The van der Waals surface area contributed by atoms with Gasteiger partial charge >= 0.3 is 0 Å². The predicted octanol–water partition coefficient (Wildman–Crippen LogP) is 2.92. The first-order valence-electron chi connectivity index (χ1n) is 9.60. The van der Waals surface area contributed by atoms with Crippen molar-refractivity contribution in [3.63, 3.8) is 0 Å². The van der Waals surface area contributed by atoms with Crippen LogP contribution >= 0.6 is 0 Å². The molecule has 1 amide bonds. The first-order chi connectivity index (χ1) is 13.3. The lowest BCUT2D eigenvalue weighted by Crippen LogP contribution is -2.40. The van der Waals surface area contributed by atoms with Gasteiger partial charge in [-0.2, -0.15) is 5.10 Å². The Morgan fingerprint density at radius 2 is 2.00 bits per heavy atom. The summed E-state index contributed by atoms with van der Waals surface area (Å²) >= 11 is 0. The van der Waals surface area contributed by atoms with Gasteiger partial charge in [0.05, 0.1) is 0 Å². The van der Waals surface area contributed by atoms with Crippen LogP contribution in [-0.4, -0.2) is 43.2 Å². The molecule has 0 unspecified atom stereocenters. The third-order valence-electron chi connectivity index (χ3n) is 5.20. The molecule has 27 heavy (non-hydrogen) atoms. The Hall–Kier alpha value is -2.89. The Kier molecular flexibility index (Phi) is 5.32. The second-order valence-electron chi connectivity index (χ2n) is 7.10. The number of nitrogens with zero attached hydrogens (tertiary/aromatic N) is 5. The number of imidazole rings is 1. The Labute approximate surface area is 159 Å². The van der Waals surface area contributed by atoms with Gasteiger partial charge in [0.15, 0.2) is 0 Å². The molecule has 0 spiro atoms. The molecule has 0 aliphatic carbocycles. The number of hydrogen-bond donors (Lipinski definition) is 0. The van der Waals surface area contributed by atoms with Crippen molar-refractivity contribution in [2.45, 2.75) is 38.3 Å². The summed E-state index contributed by atoms with van der Waals surface area (Å²) in [6.07, 6.45) is 10.1. The normalized spacial score (nSPS) is 17.2. The molecule has 0 N–H and O–H groups in total. The highest BCUT2D eigenvalue weighted by Crippen LogP contribution is 2.26. The van der Waals surface area contributed by atoms with Crippen LogP contribution in [0, 0.1) is 0 Å². The molecule has 0 saturated carbocycles. The van der Waals surface area contributed by atoms with E-state index in [1.807, 2.05) is 40.3 Å². The molecule has 0 radical (unpaired) electrons. The van der Waals surface area contributed by atoms with Crippen LogP contribution < -0.4 is 0 Å². The van der Waals surface area contributed by atoms with E-state index in [1.165, 1.54) is 5.56 Å². The Morgan fingerprint density at radius 1 is 1.11 bits per heavy atom. The van der Waals surface area contributed by atoms with Crippen molar-refractivity contribution in [1.82, 2.24) is 24.2 Å². The standard InChI is InChI=1S/C21H25N5O/c27-20(9-14-26-13-5-10-23-26)24-12-4-8-19(17-24)21-22-11-15-25(21)16-18-6-2-1-3-7-18/h1-3,5-7,10-11,13,15,19H,4,8-9,12,14,16-17H2/t19-/m1/s1. The van der Waals surface area contributed by atoms with E-state index in [0.717, 1.165) is 38.3 Å². The Morgan fingerprint density at radius 3 is 2.81 bits per heavy atom. The van der Waals surface area contributed by atoms with Crippen LogP contribution in [0.25, 0.3) is 0 Å². The maximum atomic E-state index is 12.6. The number of aromatic nitrogens is 4. The van der Waals surface area contributed by atoms with Crippen molar-refractivity contribution in [3.05, 3.63) is 72.6 Å². The van der Waals surface area contributed by atoms with Gasteiger partial charge in [-0.05, 0) is 24.5 Å².